The van der Waals surface area contributed by atoms with Crippen LogP contribution in [0.3, 0.4) is 0 Å². The van der Waals surface area contributed by atoms with Crippen LogP contribution in [-0.4, -0.2) is 28.4 Å². The highest BCUT2D eigenvalue weighted by Crippen LogP contribution is 2.17. The predicted octanol–water partition coefficient (Wildman–Crippen LogP) is 2.37. The zero-order chi connectivity index (χ0) is 17.1. The van der Waals surface area contributed by atoms with Crippen LogP contribution in [0.25, 0.3) is 16.6 Å². The van der Waals surface area contributed by atoms with Crippen molar-refractivity contribution < 1.29 is 14.3 Å². The minimum atomic E-state index is -0.565. The molecule has 0 spiro atoms. The number of hydrogen-bond donors (Lipinski definition) is 0. The number of nitrogens with zero attached hydrogens (tertiary/aromatic N) is 2. The number of rotatable bonds is 4. The molecular weight excluding hydrogens is 308 g/mol. The zero-order valence-corrected chi connectivity index (χ0v) is 12.9. The molecule has 3 aromatic rings. The number of benzene rings is 2. The van der Waals surface area contributed by atoms with E-state index in [9.17, 15) is 14.4 Å². The summed E-state index contributed by atoms with van der Waals surface area (Å²) in [5.41, 5.74) is 0.469. The quantitative estimate of drug-likeness (QED) is 0.544. The van der Waals surface area contributed by atoms with Crippen LogP contribution in [0.2, 0.25) is 0 Å². The fourth-order valence-corrected chi connectivity index (χ4v) is 2.51. The Hall–Kier alpha value is -3.28. The summed E-state index contributed by atoms with van der Waals surface area (Å²) in [6.45, 7) is 1.90. The zero-order valence-electron chi connectivity index (χ0n) is 12.9. The van der Waals surface area contributed by atoms with Gasteiger partial charge in [-0.05, 0) is 31.2 Å². The van der Waals surface area contributed by atoms with Crippen molar-refractivity contribution in [1.29, 1.82) is 0 Å². The number of fused-ring (bicyclic) bond motifs is 1. The van der Waals surface area contributed by atoms with Crippen molar-refractivity contribution in [1.82, 2.24) is 9.55 Å². The number of para-hydroxylation sites is 2. The molecule has 120 valence electrons. The first kappa shape index (κ1) is 15.6. The predicted molar refractivity (Wildman–Crippen MR) is 88.7 cm³/mol. The smallest absolute Gasteiger partial charge is 0.340 e. The second-order valence-corrected chi connectivity index (χ2v) is 4.98. The Kier molecular flexibility index (Phi) is 4.20. The van der Waals surface area contributed by atoms with Crippen molar-refractivity contribution in [3.05, 3.63) is 70.3 Å². The minimum absolute atomic E-state index is 0.0737. The van der Waals surface area contributed by atoms with Crippen molar-refractivity contribution in [3.8, 4) is 5.69 Å². The van der Waals surface area contributed by atoms with Crippen LogP contribution in [0, 0.1) is 0 Å². The second kappa shape index (κ2) is 6.45. The number of carbonyl (C=O) groups excluding carboxylic acids is 2. The van der Waals surface area contributed by atoms with Gasteiger partial charge in [-0.15, -0.1) is 0 Å². The van der Waals surface area contributed by atoms with Gasteiger partial charge in [0.2, 0.25) is 0 Å². The molecule has 1 heterocycles. The standard InChI is InChI=1S/C18H14N2O4/c1-2-24-18(23)13-8-4-6-10-15(13)20-16(11-21)19-14-9-5-3-7-12(14)17(20)22/h3-11H,2H2,1H3. The fourth-order valence-electron chi connectivity index (χ4n) is 2.51. The molecule has 0 unspecified atom stereocenters. The summed E-state index contributed by atoms with van der Waals surface area (Å²) in [6, 6.07) is 13.2. The lowest BCUT2D eigenvalue weighted by Crippen LogP contribution is -2.25. The monoisotopic (exact) mass is 322 g/mol. The average molecular weight is 322 g/mol. The third kappa shape index (κ3) is 2.58. The Morgan fingerprint density at radius 1 is 1.17 bits per heavy atom. The number of hydrogen-bond acceptors (Lipinski definition) is 5. The van der Waals surface area contributed by atoms with Gasteiger partial charge in [0.1, 0.15) is 0 Å². The van der Waals surface area contributed by atoms with Gasteiger partial charge < -0.3 is 4.74 Å². The summed E-state index contributed by atoms with van der Waals surface area (Å²) in [6.07, 6.45) is 0.496. The Bertz CT molecular complexity index is 992. The summed E-state index contributed by atoms with van der Waals surface area (Å²) in [4.78, 5) is 40.7. The lowest BCUT2D eigenvalue weighted by Gasteiger charge is -2.13. The lowest BCUT2D eigenvalue weighted by atomic mass is 10.1. The molecule has 0 aliphatic carbocycles. The third-order valence-electron chi connectivity index (χ3n) is 3.55. The molecule has 0 saturated carbocycles. The van der Waals surface area contributed by atoms with Gasteiger partial charge >= 0.3 is 5.97 Å². The first-order chi connectivity index (χ1) is 11.7. The van der Waals surface area contributed by atoms with E-state index in [1.54, 1.807) is 55.5 Å². The normalized spacial score (nSPS) is 10.5. The molecule has 0 aliphatic rings. The summed E-state index contributed by atoms with van der Waals surface area (Å²) in [7, 11) is 0. The first-order valence-corrected chi connectivity index (χ1v) is 7.41. The van der Waals surface area contributed by atoms with Crippen molar-refractivity contribution in [3.63, 3.8) is 0 Å². The average Bonchev–Trinajstić information content (AvgIpc) is 2.62. The molecule has 1 aromatic heterocycles. The van der Waals surface area contributed by atoms with E-state index < -0.39 is 11.5 Å². The van der Waals surface area contributed by atoms with Crippen LogP contribution in [-0.2, 0) is 4.74 Å². The van der Waals surface area contributed by atoms with Crippen molar-refractivity contribution >= 4 is 23.2 Å². The van der Waals surface area contributed by atoms with E-state index in [1.807, 2.05) is 0 Å². The van der Waals surface area contributed by atoms with E-state index in [4.69, 9.17) is 4.74 Å². The van der Waals surface area contributed by atoms with Crippen LogP contribution in [0.15, 0.2) is 53.3 Å². The Morgan fingerprint density at radius 3 is 2.62 bits per heavy atom. The lowest BCUT2D eigenvalue weighted by molar-refractivity contribution is 0.0526. The molecule has 0 N–H and O–H groups in total. The highest BCUT2D eigenvalue weighted by molar-refractivity contribution is 5.94. The third-order valence-corrected chi connectivity index (χ3v) is 3.55. The van der Waals surface area contributed by atoms with Gasteiger partial charge in [0, 0.05) is 0 Å². The minimum Gasteiger partial charge on any atom is -0.462 e. The number of aromatic nitrogens is 2. The van der Waals surface area contributed by atoms with Crippen molar-refractivity contribution in [2.75, 3.05) is 6.61 Å². The summed E-state index contributed by atoms with van der Waals surface area (Å²) in [5, 5.41) is 0.363. The van der Waals surface area contributed by atoms with Crippen LogP contribution < -0.4 is 5.56 Å². The summed E-state index contributed by atoms with van der Waals surface area (Å²) < 4.78 is 6.17. The number of esters is 1. The van der Waals surface area contributed by atoms with E-state index in [0.717, 1.165) is 4.57 Å². The molecule has 0 fully saturated rings. The van der Waals surface area contributed by atoms with Gasteiger partial charge in [0.05, 0.1) is 28.8 Å². The van der Waals surface area contributed by atoms with Crippen LogP contribution >= 0.6 is 0 Å². The molecule has 0 bridgehead atoms. The molecule has 0 aliphatic heterocycles. The van der Waals surface area contributed by atoms with E-state index in [0.29, 0.717) is 17.2 Å². The highest BCUT2D eigenvalue weighted by Gasteiger charge is 2.18. The largest absolute Gasteiger partial charge is 0.462 e. The Morgan fingerprint density at radius 2 is 1.88 bits per heavy atom. The Labute approximate surface area is 137 Å². The van der Waals surface area contributed by atoms with Crippen molar-refractivity contribution in [2.24, 2.45) is 0 Å². The molecule has 6 heteroatoms. The number of carbonyl (C=O) groups is 2. The molecule has 0 atom stereocenters. The first-order valence-electron chi connectivity index (χ1n) is 7.41. The van der Waals surface area contributed by atoms with Gasteiger partial charge in [-0.3, -0.25) is 14.2 Å². The van der Waals surface area contributed by atoms with E-state index in [1.165, 1.54) is 0 Å². The number of ether oxygens (including phenoxy) is 1. The van der Waals surface area contributed by atoms with Crippen LogP contribution in [0.1, 0.15) is 27.9 Å². The van der Waals surface area contributed by atoms with Gasteiger partial charge in [0.15, 0.2) is 12.1 Å². The maximum atomic E-state index is 12.9. The summed E-state index contributed by atoms with van der Waals surface area (Å²) >= 11 is 0. The molecule has 6 nitrogen and oxygen atoms in total. The number of aldehydes is 1. The van der Waals surface area contributed by atoms with Gasteiger partial charge in [0.25, 0.3) is 5.56 Å². The van der Waals surface area contributed by atoms with Gasteiger partial charge in [-0.1, -0.05) is 24.3 Å². The molecular formula is C18H14N2O4. The van der Waals surface area contributed by atoms with Crippen LogP contribution in [0.5, 0.6) is 0 Å². The second-order valence-electron chi connectivity index (χ2n) is 4.98. The van der Waals surface area contributed by atoms with Gasteiger partial charge in [-0.2, -0.15) is 0 Å². The molecule has 2 aromatic carbocycles. The maximum Gasteiger partial charge on any atom is 0.340 e. The molecule has 24 heavy (non-hydrogen) atoms. The topological polar surface area (TPSA) is 78.3 Å². The van der Waals surface area contributed by atoms with Gasteiger partial charge in [-0.25, -0.2) is 9.78 Å². The molecule has 0 radical (unpaired) electrons. The van der Waals surface area contributed by atoms with E-state index in [-0.39, 0.29) is 23.7 Å². The molecule has 3 rings (SSSR count). The highest BCUT2D eigenvalue weighted by atomic mass is 16.5. The Balaban J connectivity index is 2.35. The van der Waals surface area contributed by atoms with Crippen LogP contribution in [0.4, 0.5) is 0 Å². The maximum absolute atomic E-state index is 12.9. The van der Waals surface area contributed by atoms with E-state index >= 15 is 0 Å². The molecule has 0 amide bonds. The van der Waals surface area contributed by atoms with Crippen molar-refractivity contribution in [2.45, 2.75) is 6.92 Å². The fraction of sp³-hybridized carbons (Fsp3) is 0.111. The summed E-state index contributed by atoms with van der Waals surface area (Å²) in [5.74, 6) is -0.638. The SMILES string of the molecule is CCOC(=O)c1ccccc1-n1c(C=O)nc2ccccc2c1=O. The van der Waals surface area contributed by atoms with E-state index in [2.05, 4.69) is 4.98 Å². The molecule has 0 saturated heterocycles.